The second-order valence-electron chi connectivity index (χ2n) is 7.37. The van der Waals surface area contributed by atoms with Gasteiger partial charge >= 0.3 is 0 Å². The zero-order valence-corrected chi connectivity index (χ0v) is 20.0. The second kappa shape index (κ2) is 9.98. The smallest absolute Gasteiger partial charge is 0.191 e. The number of para-hydroxylation sites is 1. The summed E-state index contributed by atoms with van der Waals surface area (Å²) in [6.07, 6.45) is 3.35. The van der Waals surface area contributed by atoms with E-state index in [0.29, 0.717) is 34.6 Å². The van der Waals surface area contributed by atoms with Crippen LogP contribution in [-0.4, -0.2) is 37.5 Å². The molecular weight excluding hydrogens is 467 g/mol. The molecule has 0 N–H and O–H groups in total. The molecule has 0 saturated heterocycles. The number of hydrogen-bond acceptors (Lipinski definition) is 5. The molecule has 6 nitrogen and oxygen atoms in total. The topological polar surface area (TPSA) is 61.9 Å². The number of thioether (sulfide) groups is 1. The maximum atomic E-state index is 12.8. The zero-order valence-electron chi connectivity index (χ0n) is 17.7. The van der Waals surface area contributed by atoms with Crippen LogP contribution >= 0.6 is 35.0 Å². The van der Waals surface area contributed by atoms with Crippen molar-refractivity contribution < 1.29 is 9.53 Å². The number of carbonyl (C=O) groups excluding carboxylic acids is 1. The highest BCUT2D eigenvalue weighted by Gasteiger charge is 2.16. The van der Waals surface area contributed by atoms with Gasteiger partial charge in [0.15, 0.2) is 10.9 Å². The molecule has 0 radical (unpaired) electrons. The monoisotopic (exact) mass is 488 g/mol. The van der Waals surface area contributed by atoms with Crippen molar-refractivity contribution in [1.82, 2.24) is 19.3 Å². The fourth-order valence-corrected chi connectivity index (χ4v) is 4.74. The molecule has 0 aliphatic heterocycles. The third kappa shape index (κ3) is 4.95. The Bertz CT molecular complexity index is 1270. The Morgan fingerprint density at radius 2 is 1.94 bits per heavy atom. The number of ether oxygens (including phenoxy) is 1. The third-order valence-corrected chi connectivity index (χ3v) is 6.70. The lowest BCUT2D eigenvalue weighted by atomic mass is 10.1. The van der Waals surface area contributed by atoms with Crippen LogP contribution in [0.15, 0.2) is 53.8 Å². The number of ketones is 1. The van der Waals surface area contributed by atoms with E-state index in [4.69, 9.17) is 27.9 Å². The number of fused-ring (bicyclic) bond motifs is 1. The van der Waals surface area contributed by atoms with Gasteiger partial charge in [-0.25, -0.2) is 0 Å². The van der Waals surface area contributed by atoms with Crippen LogP contribution in [0.2, 0.25) is 10.0 Å². The van der Waals surface area contributed by atoms with E-state index in [1.165, 1.54) is 11.8 Å². The molecule has 2 heterocycles. The van der Waals surface area contributed by atoms with Crippen molar-refractivity contribution in [3.8, 4) is 5.75 Å². The molecule has 0 aliphatic rings. The summed E-state index contributed by atoms with van der Waals surface area (Å²) in [5.74, 6) is 1.83. The molecule has 0 aliphatic carbocycles. The quantitative estimate of drug-likeness (QED) is 0.174. The normalized spacial score (nSPS) is 11.2. The van der Waals surface area contributed by atoms with Gasteiger partial charge in [0.1, 0.15) is 11.6 Å². The van der Waals surface area contributed by atoms with Crippen LogP contribution in [0.5, 0.6) is 5.75 Å². The van der Waals surface area contributed by atoms with Crippen molar-refractivity contribution in [1.29, 1.82) is 0 Å². The van der Waals surface area contributed by atoms with E-state index in [2.05, 4.69) is 10.2 Å². The summed E-state index contributed by atoms with van der Waals surface area (Å²) in [5.41, 5.74) is 1.78. The lowest BCUT2D eigenvalue weighted by Gasteiger charge is -2.08. The number of aryl methyl sites for hydroxylation is 2. The van der Waals surface area contributed by atoms with Gasteiger partial charge in [-0.2, -0.15) is 0 Å². The van der Waals surface area contributed by atoms with E-state index < -0.39 is 0 Å². The lowest BCUT2D eigenvalue weighted by molar-refractivity contribution is 0.102. The van der Waals surface area contributed by atoms with E-state index in [-0.39, 0.29) is 5.78 Å². The molecule has 0 saturated carbocycles. The Hall–Kier alpha value is -2.48. The van der Waals surface area contributed by atoms with Crippen molar-refractivity contribution in [2.24, 2.45) is 14.1 Å². The first-order valence-corrected chi connectivity index (χ1v) is 11.8. The molecule has 2 aromatic carbocycles. The molecule has 0 spiro atoms. The summed E-state index contributed by atoms with van der Waals surface area (Å²) in [6, 6.07) is 13.1. The lowest BCUT2D eigenvalue weighted by Crippen LogP contribution is -2.06. The number of benzene rings is 2. The Kier molecular flexibility index (Phi) is 7.08. The van der Waals surface area contributed by atoms with E-state index in [1.54, 1.807) is 18.2 Å². The van der Waals surface area contributed by atoms with Crippen molar-refractivity contribution in [2.75, 3.05) is 12.4 Å². The SMILES string of the molecule is Cn1c(CCCOc2ccc(Cl)cc2Cl)nnc1SCC(=O)c1cn(C)c2ccccc12. The molecule has 32 heavy (non-hydrogen) atoms. The van der Waals surface area contributed by atoms with Gasteiger partial charge in [0.25, 0.3) is 0 Å². The first-order chi connectivity index (χ1) is 15.4. The van der Waals surface area contributed by atoms with Gasteiger partial charge in [-0.05, 0) is 30.7 Å². The molecule has 0 atom stereocenters. The standard InChI is InChI=1S/C23H22Cl2N4O2S/c1-28-13-17(16-6-3-4-7-19(16)28)20(30)14-32-23-27-26-22(29(23)2)8-5-11-31-21-10-9-15(24)12-18(21)25/h3-4,6-7,9-10,12-13H,5,8,11,14H2,1-2H3. The summed E-state index contributed by atoms with van der Waals surface area (Å²) in [7, 11) is 3.86. The average Bonchev–Trinajstić information content (AvgIpc) is 3.31. The largest absolute Gasteiger partial charge is 0.492 e. The van der Waals surface area contributed by atoms with Crippen LogP contribution in [0.1, 0.15) is 22.6 Å². The van der Waals surface area contributed by atoms with Crippen molar-refractivity contribution in [3.05, 3.63) is 70.1 Å². The Balaban J connectivity index is 1.31. The number of aromatic nitrogens is 4. The fourth-order valence-electron chi connectivity index (χ4n) is 3.46. The number of rotatable bonds is 9. The number of nitrogens with zero attached hydrogens (tertiary/aromatic N) is 4. The maximum Gasteiger partial charge on any atom is 0.191 e. The first-order valence-electron chi connectivity index (χ1n) is 10.1. The Morgan fingerprint density at radius 3 is 2.75 bits per heavy atom. The summed E-state index contributed by atoms with van der Waals surface area (Å²) in [4.78, 5) is 12.8. The van der Waals surface area contributed by atoms with E-state index in [1.807, 2.05) is 53.7 Å². The number of Topliss-reactive ketones (excluding diaryl/α,β-unsaturated/α-hetero) is 1. The number of hydrogen-bond donors (Lipinski definition) is 0. The van der Waals surface area contributed by atoms with Crippen LogP contribution < -0.4 is 4.74 Å². The van der Waals surface area contributed by atoms with Crippen LogP contribution in [0.4, 0.5) is 0 Å². The Morgan fingerprint density at radius 1 is 1.12 bits per heavy atom. The fraction of sp³-hybridized carbons (Fsp3) is 0.261. The number of halogens is 2. The van der Waals surface area contributed by atoms with Gasteiger partial charge in [0.2, 0.25) is 0 Å². The second-order valence-corrected chi connectivity index (χ2v) is 9.15. The molecule has 2 aromatic heterocycles. The molecule has 4 aromatic rings. The predicted octanol–water partition coefficient (Wildman–Crippen LogP) is 5.60. The molecule has 4 rings (SSSR count). The highest BCUT2D eigenvalue weighted by Crippen LogP contribution is 2.28. The van der Waals surface area contributed by atoms with Gasteiger partial charge in [-0.3, -0.25) is 4.79 Å². The van der Waals surface area contributed by atoms with Gasteiger partial charge < -0.3 is 13.9 Å². The van der Waals surface area contributed by atoms with Crippen molar-refractivity contribution in [3.63, 3.8) is 0 Å². The van der Waals surface area contributed by atoms with Crippen molar-refractivity contribution in [2.45, 2.75) is 18.0 Å². The van der Waals surface area contributed by atoms with Gasteiger partial charge in [-0.15, -0.1) is 10.2 Å². The summed E-state index contributed by atoms with van der Waals surface area (Å²) >= 11 is 13.4. The first kappa shape index (κ1) is 22.7. The molecular formula is C23H22Cl2N4O2S. The third-order valence-electron chi connectivity index (χ3n) is 5.15. The molecule has 0 fully saturated rings. The minimum absolute atomic E-state index is 0.0737. The summed E-state index contributed by atoms with van der Waals surface area (Å²) < 4.78 is 9.63. The summed E-state index contributed by atoms with van der Waals surface area (Å²) in [6.45, 7) is 0.496. The van der Waals surface area contributed by atoms with Crippen molar-refractivity contribution >= 4 is 51.6 Å². The molecule has 9 heteroatoms. The van der Waals surface area contributed by atoms with E-state index in [0.717, 1.165) is 33.9 Å². The van der Waals surface area contributed by atoms with Gasteiger partial charge in [0, 0.05) is 48.2 Å². The zero-order chi connectivity index (χ0) is 22.7. The average molecular weight is 489 g/mol. The molecule has 166 valence electrons. The predicted molar refractivity (Wildman–Crippen MR) is 129 cm³/mol. The van der Waals surface area contributed by atoms with E-state index in [9.17, 15) is 4.79 Å². The highest BCUT2D eigenvalue weighted by molar-refractivity contribution is 7.99. The van der Waals surface area contributed by atoms with Crippen LogP contribution in [0.25, 0.3) is 10.9 Å². The summed E-state index contributed by atoms with van der Waals surface area (Å²) in [5, 5.41) is 11.3. The van der Waals surface area contributed by atoms with E-state index >= 15 is 0 Å². The van der Waals surface area contributed by atoms with Crippen LogP contribution in [0, 0.1) is 0 Å². The highest BCUT2D eigenvalue weighted by atomic mass is 35.5. The number of carbonyl (C=O) groups is 1. The molecule has 0 bridgehead atoms. The Labute approximate surface area is 200 Å². The minimum Gasteiger partial charge on any atom is -0.492 e. The van der Waals surface area contributed by atoms with Gasteiger partial charge in [0.05, 0.1) is 17.4 Å². The molecule has 0 unspecified atom stereocenters. The molecule has 0 amide bonds. The maximum absolute atomic E-state index is 12.8. The van der Waals surface area contributed by atoms with Crippen LogP contribution in [-0.2, 0) is 20.5 Å². The van der Waals surface area contributed by atoms with Crippen LogP contribution in [0.3, 0.4) is 0 Å². The van der Waals surface area contributed by atoms with Gasteiger partial charge in [-0.1, -0.05) is 53.2 Å². The minimum atomic E-state index is 0.0737.